The van der Waals surface area contributed by atoms with E-state index < -0.39 is 6.10 Å². The molecule has 2 rings (SSSR count). The zero-order chi connectivity index (χ0) is 13.1. The summed E-state index contributed by atoms with van der Waals surface area (Å²) in [7, 11) is 4.23. The summed E-state index contributed by atoms with van der Waals surface area (Å²) in [6, 6.07) is 3.83. The average molecular weight is 249 g/mol. The second kappa shape index (κ2) is 5.67. The fraction of sp³-hybridized carbons (Fsp3) is 0.643. The van der Waals surface area contributed by atoms with Crippen molar-refractivity contribution in [3.05, 3.63) is 23.9 Å². The van der Waals surface area contributed by atoms with Crippen LogP contribution in [0.5, 0.6) is 0 Å². The lowest BCUT2D eigenvalue weighted by Gasteiger charge is -2.25. The molecule has 18 heavy (non-hydrogen) atoms. The van der Waals surface area contributed by atoms with Gasteiger partial charge in [0.15, 0.2) is 0 Å². The highest BCUT2D eigenvalue weighted by molar-refractivity contribution is 5.47. The van der Waals surface area contributed by atoms with Gasteiger partial charge < -0.3 is 14.9 Å². The topological polar surface area (TPSA) is 39.6 Å². The van der Waals surface area contributed by atoms with E-state index in [1.54, 1.807) is 13.1 Å². The minimum absolute atomic E-state index is 0.470. The Labute approximate surface area is 109 Å². The monoisotopic (exact) mass is 249 g/mol. The summed E-state index contributed by atoms with van der Waals surface area (Å²) in [5, 5.41) is 9.78. The van der Waals surface area contributed by atoms with Crippen molar-refractivity contribution in [2.24, 2.45) is 5.92 Å². The van der Waals surface area contributed by atoms with Crippen LogP contribution in [0, 0.1) is 5.92 Å². The molecule has 0 radical (unpaired) electrons. The predicted octanol–water partition coefficient (Wildman–Crippen LogP) is 1.52. The Balaban J connectivity index is 2.06. The largest absolute Gasteiger partial charge is 0.389 e. The maximum absolute atomic E-state index is 9.78. The average Bonchev–Trinajstić information content (AvgIpc) is 2.74. The smallest absolute Gasteiger partial charge is 0.134 e. The third-order valence-corrected chi connectivity index (χ3v) is 3.65. The first kappa shape index (κ1) is 13.3. The molecule has 1 aromatic heterocycles. The quantitative estimate of drug-likeness (QED) is 0.878. The van der Waals surface area contributed by atoms with Crippen LogP contribution in [0.4, 0.5) is 5.82 Å². The summed E-state index contributed by atoms with van der Waals surface area (Å²) in [6.07, 6.45) is 2.57. The first-order valence-corrected chi connectivity index (χ1v) is 6.60. The van der Waals surface area contributed by atoms with Crippen LogP contribution in [0.2, 0.25) is 0 Å². The molecule has 0 aliphatic carbocycles. The van der Waals surface area contributed by atoms with Gasteiger partial charge in [0.25, 0.3) is 0 Å². The van der Waals surface area contributed by atoms with Crippen molar-refractivity contribution in [1.82, 2.24) is 9.88 Å². The molecule has 1 N–H and O–H groups in total. The number of aromatic nitrogens is 1. The molecule has 4 nitrogen and oxygen atoms in total. The van der Waals surface area contributed by atoms with E-state index in [-0.39, 0.29) is 0 Å². The Hall–Kier alpha value is -1.13. The Bertz CT molecular complexity index is 394. The lowest BCUT2D eigenvalue weighted by Crippen LogP contribution is -2.28. The van der Waals surface area contributed by atoms with Gasteiger partial charge in [-0.25, -0.2) is 4.98 Å². The first-order valence-electron chi connectivity index (χ1n) is 6.60. The zero-order valence-corrected chi connectivity index (χ0v) is 11.5. The lowest BCUT2D eigenvalue weighted by molar-refractivity contribution is 0.199. The predicted molar refractivity (Wildman–Crippen MR) is 73.7 cm³/mol. The number of hydrogen-bond donors (Lipinski definition) is 1. The molecule has 2 atom stereocenters. The molecule has 0 aromatic carbocycles. The maximum Gasteiger partial charge on any atom is 0.134 e. The highest BCUT2D eigenvalue weighted by atomic mass is 16.3. The fourth-order valence-electron chi connectivity index (χ4n) is 2.70. The summed E-state index contributed by atoms with van der Waals surface area (Å²) in [5.74, 6) is 1.60. The molecule has 1 aliphatic heterocycles. The molecule has 0 amide bonds. The van der Waals surface area contributed by atoms with E-state index in [1.165, 1.54) is 13.0 Å². The molecule has 2 heterocycles. The van der Waals surface area contributed by atoms with Gasteiger partial charge in [-0.3, -0.25) is 0 Å². The number of likely N-dealkylation sites (tertiary alicyclic amines) is 1. The van der Waals surface area contributed by atoms with E-state index in [1.807, 2.05) is 12.1 Å². The first-order chi connectivity index (χ1) is 8.58. The van der Waals surface area contributed by atoms with Crippen molar-refractivity contribution in [3.63, 3.8) is 0 Å². The van der Waals surface area contributed by atoms with Crippen LogP contribution in [0.25, 0.3) is 0 Å². The summed E-state index contributed by atoms with van der Waals surface area (Å²) >= 11 is 0. The number of aliphatic hydroxyl groups is 1. The van der Waals surface area contributed by atoms with Crippen LogP contribution in [-0.4, -0.2) is 48.7 Å². The molecule has 0 saturated carbocycles. The van der Waals surface area contributed by atoms with Gasteiger partial charge in [0, 0.05) is 31.9 Å². The van der Waals surface area contributed by atoms with Crippen LogP contribution < -0.4 is 4.90 Å². The zero-order valence-electron chi connectivity index (χ0n) is 11.5. The molecule has 1 fully saturated rings. The Kier molecular flexibility index (Phi) is 4.19. The van der Waals surface area contributed by atoms with Crippen molar-refractivity contribution < 1.29 is 5.11 Å². The second-order valence-corrected chi connectivity index (χ2v) is 5.39. The van der Waals surface area contributed by atoms with E-state index in [9.17, 15) is 5.11 Å². The van der Waals surface area contributed by atoms with Crippen molar-refractivity contribution in [1.29, 1.82) is 0 Å². The molecular weight excluding hydrogens is 226 g/mol. The van der Waals surface area contributed by atoms with Gasteiger partial charge in [-0.2, -0.15) is 0 Å². The van der Waals surface area contributed by atoms with Gasteiger partial charge in [0.05, 0.1) is 6.10 Å². The van der Waals surface area contributed by atoms with Gasteiger partial charge in [-0.15, -0.1) is 0 Å². The summed E-state index contributed by atoms with van der Waals surface area (Å²) < 4.78 is 0. The molecule has 0 bridgehead atoms. The van der Waals surface area contributed by atoms with Gasteiger partial charge >= 0.3 is 0 Å². The molecular formula is C14H23N3O. The van der Waals surface area contributed by atoms with Gasteiger partial charge in [0.1, 0.15) is 5.82 Å². The van der Waals surface area contributed by atoms with E-state index >= 15 is 0 Å². The number of aliphatic hydroxyl groups excluding tert-OH is 1. The van der Waals surface area contributed by atoms with E-state index in [0.29, 0.717) is 5.92 Å². The van der Waals surface area contributed by atoms with Crippen molar-refractivity contribution in [3.8, 4) is 0 Å². The van der Waals surface area contributed by atoms with Crippen LogP contribution in [0.15, 0.2) is 18.3 Å². The third-order valence-electron chi connectivity index (χ3n) is 3.65. The molecule has 0 spiro atoms. The van der Waals surface area contributed by atoms with Crippen molar-refractivity contribution in [2.75, 3.05) is 38.6 Å². The lowest BCUT2D eigenvalue weighted by atomic mass is 10.1. The number of hydrogen-bond acceptors (Lipinski definition) is 4. The van der Waals surface area contributed by atoms with Crippen LogP contribution in [0.3, 0.4) is 0 Å². The normalized spacial score (nSPS) is 22.1. The second-order valence-electron chi connectivity index (χ2n) is 5.39. The number of pyridine rings is 1. The molecule has 1 aliphatic rings. The molecule has 1 unspecified atom stereocenters. The van der Waals surface area contributed by atoms with Gasteiger partial charge in [0.2, 0.25) is 0 Å². The van der Waals surface area contributed by atoms with Crippen molar-refractivity contribution >= 4 is 5.82 Å². The van der Waals surface area contributed by atoms with Gasteiger partial charge in [-0.05, 0) is 38.9 Å². The minimum atomic E-state index is -0.470. The highest BCUT2D eigenvalue weighted by Gasteiger charge is 2.22. The summed E-state index contributed by atoms with van der Waals surface area (Å²) in [6.45, 7) is 5.13. The fourth-order valence-corrected chi connectivity index (χ4v) is 2.70. The summed E-state index contributed by atoms with van der Waals surface area (Å²) in [5.41, 5.74) is 0.909. The van der Waals surface area contributed by atoms with Crippen LogP contribution in [0.1, 0.15) is 25.0 Å². The molecule has 1 aromatic rings. The minimum Gasteiger partial charge on any atom is -0.389 e. The van der Waals surface area contributed by atoms with Crippen LogP contribution >= 0.6 is 0 Å². The number of anilines is 1. The Morgan fingerprint density at radius 3 is 3.00 bits per heavy atom. The highest BCUT2D eigenvalue weighted by Crippen LogP contribution is 2.24. The number of nitrogens with zero attached hydrogens (tertiary/aromatic N) is 3. The Morgan fingerprint density at radius 1 is 1.61 bits per heavy atom. The molecule has 1 saturated heterocycles. The van der Waals surface area contributed by atoms with Crippen molar-refractivity contribution in [2.45, 2.75) is 19.4 Å². The maximum atomic E-state index is 9.78. The molecule has 4 heteroatoms. The SMILES string of the molecule is C[C@H](O)c1cccnc1N(C)CC1CCN(C)C1. The van der Waals surface area contributed by atoms with E-state index in [0.717, 1.165) is 24.5 Å². The van der Waals surface area contributed by atoms with Crippen LogP contribution in [-0.2, 0) is 0 Å². The van der Waals surface area contributed by atoms with E-state index in [2.05, 4.69) is 28.9 Å². The summed E-state index contributed by atoms with van der Waals surface area (Å²) in [4.78, 5) is 8.95. The third kappa shape index (κ3) is 3.00. The standard InChI is InChI=1S/C14H23N3O/c1-11(18)13-5-4-7-15-14(13)17(3)10-12-6-8-16(2)9-12/h4-5,7,11-12,18H,6,8-10H2,1-3H3/t11-,12?/m0/s1. The molecule has 100 valence electrons. The van der Waals surface area contributed by atoms with Gasteiger partial charge in [-0.1, -0.05) is 6.07 Å². The number of rotatable bonds is 4. The van der Waals surface area contributed by atoms with E-state index in [4.69, 9.17) is 0 Å². The Morgan fingerprint density at radius 2 is 2.39 bits per heavy atom.